The van der Waals surface area contributed by atoms with Crippen LogP contribution in [0.3, 0.4) is 0 Å². The van der Waals surface area contributed by atoms with Crippen molar-refractivity contribution in [1.29, 1.82) is 5.26 Å². The Kier molecular flexibility index (Phi) is 4.60. The Morgan fingerprint density at radius 2 is 2.04 bits per heavy atom. The van der Waals surface area contributed by atoms with E-state index in [0.29, 0.717) is 28.2 Å². The molecule has 0 fully saturated rings. The third-order valence-corrected chi connectivity index (χ3v) is 3.61. The zero-order chi connectivity index (χ0) is 17.1. The van der Waals surface area contributed by atoms with E-state index in [1.807, 2.05) is 0 Å². The second kappa shape index (κ2) is 6.44. The molecular formula is C17H16FN3O2. The summed E-state index contributed by atoms with van der Waals surface area (Å²) >= 11 is 0. The molecule has 6 heteroatoms. The number of halogens is 1. The number of ketones is 2. The van der Waals surface area contributed by atoms with Crippen molar-refractivity contribution in [3.8, 4) is 6.07 Å². The Morgan fingerprint density at radius 1 is 1.35 bits per heavy atom. The standard InChI is InChI=1S/C17H16FN3O2/c1-9-16(11(3)22)10(2)21-17(9)15(23)8-20-13-4-5-14(18)12(6-13)7-19/h4-6,20-21H,8H2,1-3H3. The number of anilines is 1. The molecule has 0 amide bonds. The molecule has 0 saturated heterocycles. The lowest BCUT2D eigenvalue weighted by Crippen LogP contribution is -2.15. The van der Waals surface area contributed by atoms with Gasteiger partial charge in [-0.3, -0.25) is 9.59 Å². The van der Waals surface area contributed by atoms with E-state index < -0.39 is 5.82 Å². The summed E-state index contributed by atoms with van der Waals surface area (Å²) in [5.41, 5.74) is 2.58. The number of nitriles is 1. The van der Waals surface area contributed by atoms with Crippen molar-refractivity contribution in [3.63, 3.8) is 0 Å². The second-order valence-electron chi connectivity index (χ2n) is 5.26. The normalized spacial score (nSPS) is 10.2. The van der Waals surface area contributed by atoms with Crippen LogP contribution in [-0.2, 0) is 0 Å². The van der Waals surface area contributed by atoms with E-state index in [1.165, 1.54) is 25.1 Å². The van der Waals surface area contributed by atoms with Gasteiger partial charge in [0.25, 0.3) is 0 Å². The van der Waals surface area contributed by atoms with Gasteiger partial charge in [-0.1, -0.05) is 0 Å². The SMILES string of the molecule is CC(=O)c1c(C)[nH]c(C(=O)CNc2ccc(F)c(C#N)c2)c1C. The first kappa shape index (κ1) is 16.4. The lowest BCUT2D eigenvalue weighted by atomic mass is 10.1. The zero-order valence-electron chi connectivity index (χ0n) is 13.1. The maximum absolute atomic E-state index is 13.3. The van der Waals surface area contributed by atoms with Gasteiger partial charge in [0.2, 0.25) is 0 Å². The van der Waals surface area contributed by atoms with Crippen LogP contribution in [-0.4, -0.2) is 23.1 Å². The summed E-state index contributed by atoms with van der Waals surface area (Å²) in [6.07, 6.45) is 0. The molecule has 1 aromatic carbocycles. The summed E-state index contributed by atoms with van der Waals surface area (Å²) in [4.78, 5) is 26.8. The van der Waals surface area contributed by atoms with Crippen molar-refractivity contribution in [2.24, 2.45) is 0 Å². The number of benzene rings is 1. The summed E-state index contributed by atoms with van der Waals surface area (Å²) < 4.78 is 13.3. The first-order valence-electron chi connectivity index (χ1n) is 7.02. The topological polar surface area (TPSA) is 85.8 Å². The maximum atomic E-state index is 13.3. The fraction of sp³-hybridized carbons (Fsp3) is 0.235. The molecule has 1 aromatic heterocycles. The van der Waals surface area contributed by atoms with Gasteiger partial charge in [0, 0.05) is 16.9 Å². The van der Waals surface area contributed by atoms with E-state index in [0.717, 1.165) is 0 Å². The van der Waals surface area contributed by atoms with Crippen molar-refractivity contribution >= 4 is 17.3 Å². The maximum Gasteiger partial charge on any atom is 0.198 e. The highest BCUT2D eigenvalue weighted by Gasteiger charge is 2.19. The number of aromatic amines is 1. The van der Waals surface area contributed by atoms with Crippen LogP contribution < -0.4 is 5.32 Å². The number of rotatable bonds is 5. The number of nitrogens with one attached hydrogen (secondary N) is 2. The third-order valence-electron chi connectivity index (χ3n) is 3.61. The minimum Gasteiger partial charge on any atom is -0.377 e. The van der Waals surface area contributed by atoms with Crippen LogP contribution in [0.1, 0.15) is 44.6 Å². The number of carbonyl (C=O) groups excluding carboxylic acids is 2. The average molecular weight is 313 g/mol. The molecule has 2 N–H and O–H groups in total. The van der Waals surface area contributed by atoms with Gasteiger partial charge in [-0.05, 0) is 44.5 Å². The number of carbonyl (C=O) groups is 2. The number of aryl methyl sites for hydroxylation is 1. The first-order chi connectivity index (χ1) is 10.8. The molecule has 0 atom stereocenters. The van der Waals surface area contributed by atoms with E-state index >= 15 is 0 Å². The van der Waals surface area contributed by atoms with E-state index in [2.05, 4.69) is 10.3 Å². The third kappa shape index (κ3) is 3.29. The van der Waals surface area contributed by atoms with Crippen LogP contribution in [0, 0.1) is 31.0 Å². The van der Waals surface area contributed by atoms with Crippen LogP contribution in [0.25, 0.3) is 0 Å². The Balaban J connectivity index is 2.16. The van der Waals surface area contributed by atoms with Crippen molar-refractivity contribution in [1.82, 2.24) is 4.98 Å². The number of H-pyrrole nitrogens is 1. The van der Waals surface area contributed by atoms with Gasteiger partial charge < -0.3 is 10.3 Å². The van der Waals surface area contributed by atoms with Crippen LogP contribution in [0.5, 0.6) is 0 Å². The molecule has 23 heavy (non-hydrogen) atoms. The van der Waals surface area contributed by atoms with Gasteiger partial charge in [0.1, 0.15) is 11.9 Å². The molecule has 2 aromatic rings. The molecule has 0 spiro atoms. The predicted octanol–water partition coefficient (Wildman–Crippen LogP) is 3.14. The minimum atomic E-state index is -0.605. The fourth-order valence-electron chi connectivity index (χ4n) is 2.55. The van der Waals surface area contributed by atoms with Crippen LogP contribution >= 0.6 is 0 Å². The lowest BCUT2D eigenvalue weighted by molar-refractivity contribution is 0.1000. The largest absolute Gasteiger partial charge is 0.377 e. The number of hydrogen-bond acceptors (Lipinski definition) is 4. The monoisotopic (exact) mass is 313 g/mol. The molecule has 0 aliphatic rings. The van der Waals surface area contributed by atoms with E-state index in [9.17, 15) is 14.0 Å². The van der Waals surface area contributed by atoms with Gasteiger partial charge in [-0.15, -0.1) is 0 Å². The second-order valence-corrected chi connectivity index (χ2v) is 5.26. The predicted molar refractivity (Wildman–Crippen MR) is 84.2 cm³/mol. The number of hydrogen-bond donors (Lipinski definition) is 2. The Morgan fingerprint density at radius 3 is 2.61 bits per heavy atom. The lowest BCUT2D eigenvalue weighted by Gasteiger charge is -2.06. The van der Waals surface area contributed by atoms with Crippen LogP contribution in [0.2, 0.25) is 0 Å². The zero-order valence-corrected chi connectivity index (χ0v) is 13.1. The average Bonchev–Trinajstić information content (AvgIpc) is 2.81. The molecule has 2 rings (SSSR count). The van der Waals surface area contributed by atoms with Crippen molar-refractivity contribution in [2.45, 2.75) is 20.8 Å². The number of aromatic nitrogens is 1. The van der Waals surface area contributed by atoms with E-state index in [-0.39, 0.29) is 23.7 Å². The molecule has 1 heterocycles. The molecule has 0 radical (unpaired) electrons. The van der Waals surface area contributed by atoms with Crippen LogP contribution in [0.4, 0.5) is 10.1 Å². The van der Waals surface area contributed by atoms with Gasteiger partial charge in [-0.2, -0.15) is 5.26 Å². The highest BCUT2D eigenvalue weighted by atomic mass is 19.1. The summed E-state index contributed by atoms with van der Waals surface area (Å²) in [5.74, 6) is -0.923. The van der Waals surface area contributed by atoms with Gasteiger partial charge in [-0.25, -0.2) is 4.39 Å². The van der Waals surface area contributed by atoms with Crippen molar-refractivity contribution in [2.75, 3.05) is 11.9 Å². The Hall–Kier alpha value is -2.94. The Bertz CT molecular complexity index is 831. The summed E-state index contributed by atoms with van der Waals surface area (Å²) in [5, 5.41) is 11.7. The van der Waals surface area contributed by atoms with Gasteiger partial charge >= 0.3 is 0 Å². The smallest absolute Gasteiger partial charge is 0.198 e. The quantitative estimate of drug-likeness (QED) is 0.830. The van der Waals surface area contributed by atoms with Gasteiger partial charge in [0.15, 0.2) is 11.6 Å². The molecule has 5 nitrogen and oxygen atoms in total. The Labute approximate surface area is 133 Å². The molecule has 0 aliphatic carbocycles. The molecule has 0 aliphatic heterocycles. The highest BCUT2D eigenvalue weighted by Crippen LogP contribution is 2.19. The first-order valence-corrected chi connectivity index (χ1v) is 7.02. The summed E-state index contributed by atoms with van der Waals surface area (Å²) in [6.45, 7) is 4.89. The molecule has 0 unspecified atom stereocenters. The highest BCUT2D eigenvalue weighted by molar-refractivity contribution is 6.04. The van der Waals surface area contributed by atoms with Gasteiger partial charge in [0.05, 0.1) is 17.8 Å². The van der Waals surface area contributed by atoms with Crippen LogP contribution in [0.15, 0.2) is 18.2 Å². The van der Waals surface area contributed by atoms with Crippen molar-refractivity contribution in [3.05, 3.63) is 52.1 Å². The molecule has 118 valence electrons. The minimum absolute atomic E-state index is 0.0331. The summed E-state index contributed by atoms with van der Waals surface area (Å²) in [7, 11) is 0. The molecule has 0 bridgehead atoms. The number of Topliss-reactive ketones (excluding diaryl/α,β-unsaturated/α-hetero) is 2. The fourth-order valence-corrected chi connectivity index (χ4v) is 2.55. The molecular weight excluding hydrogens is 297 g/mol. The van der Waals surface area contributed by atoms with E-state index in [1.54, 1.807) is 19.9 Å². The number of nitrogens with zero attached hydrogens (tertiary/aromatic N) is 1. The van der Waals surface area contributed by atoms with Crippen molar-refractivity contribution < 1.29 is 14.0 Å². The molecule has 0 saturated carbocycles. The van der Waals surface area contributed by atoms with E-state index in [4.69, 9.17) is 5.26 Å². The summed E-state index contributed by atoms with van der Waals surface area (Å²) in [6, 6.07) is 5.71.